The number of Topliss-reactive ketones (excluding diaryl/α,β-unsaturated/α-hetero) is 2. The molecule has 0 amide bonds. The summed E-state index contributed by atoms with van der Waals surface area (Å²) < 4.78 is 5.71. The molecule has 0 bridgehead atoms. The van der Waals surface area contributed by atoms with E-state index in [0.29, 0.717) is 34.6 Å². The van der Waals surface area contributed by atoms with E-state index in [1.165, 1.54) is 0 Å². The van der Waals surface area contributed by atoms with Gasteiger partial charge < -0.3 is 4.74 Å². The van der Waals surface area contributed by atoms with Crippen LogP contribution < -0.4 is 0 Å². The molecule has 0 fully saturated rings. The van der Waals surface area contributed by atoms with E-state index in [0.717, 1.165) is 0 Å². The Balaban J connectivity index is 2.06. The summed E-state index contributed by atoms with van der Waals surface area (Å²) in [4.78, 5) is 24.9. The molecule has 98 valence electrons. The number of hydrogen-bond acceptors (Lipinski definition) is 3. The monoisotopic (exact) mass is 256 g/mol. The van der Waals surface area contributed by atoms with Crippen LogP contribution in [0.1, 0.15) is 41.0 Å². The molecule has 3 nitrogen and oxygen atoms in total. The molecular formula is C16H16O3. The first kappa shape index (κ1) is 12.3. The van der Waals surface area contributed by atoms with Gasteiger partial charge in [-0.2, -0.15) is 0 Å². The maximum absolute atomic E-state index is 12.5. The summed E-state index contributed by atoms with van der Waals surface area (Å²) in [6, 6.07) is 7.04. The summed E-state index contributed by atoms with van der Waals surface area (Å²) in [6.07, 6.45) is 0.576. The molecule has 0 radical (unpaired) electrons. The number of carbonyl (C=O) groups excluding carboxylic acids is 2. The minimum absolute atomic E-state index is 0.000787. The quantitative estimate of drug-likeness (QED) is 0.776. The Morgan fingerprint density at radius 2 is 1.63 bits per heavy atom. The first-order valence-electron chi connectivity index (χ1n) is 6.61. The van der Waals surface area contributed by atoms with Gasteiger partial charge >= 0.3 is 0 Å². The van der Waals surface area contributed by atoms with Gasteiger partial charge in [-0.25, -0.2) is 0 Å². The molecule has 19 heavy (non-hydrogen) atoms. The van der Waals surface area contributed by atoms with Crippen molar-refractivity contribution in [2.45, 2.75) is 26.4 Å². The Bertz CT molecular complexity index is 596. The van der Waals surface area contributed by atoms with Gasteiger partial charge in [0.05, 0.1) is 12.7 Å². The molecule has 0 spiro atoms. The third kappa shape index (κ3) is 1.85. The molecule has 0 unspecified atom stereocenters. The minimum atomic E-state index is -0.0487. The molecule has 1 heterocycles. The number of fused-ring (bicyclic) bond motifs is 1. The van der Waals surface area contributed by atoms with Gasteiger partial charge in [-0.15, -0.1) is 0 Å². The zero-order chi connectivity index (χ0) is 13.6. The van der Waals surface area contributed by atoms with Crippen LogP contribution in [-0.4, -0.2) is 24.3 Å². The van der Waals surface area contributed by atoms with Crippen molar-refractivity contribution in [1.29, 1.82) is 0 Å². The van der Waals surface area contributed by atoms with Crippen molar-refractivity contribution < 1.29 is 14.3 Å². The normalized spacial score (nSPS) is 22.6. The molecule has 1 aliphatic heterocycles. The molecular weight excluding hydrogens is 240 g/mol. The summed E-state index contributed by atoms with van der Waals surface area (Å²) in [7, 11) is 0. The van der Waals surface area contributed by atoms with Gasteiger partial charge in [-0.3, -0.25) is 9.59 Å². The number of ketones is 2. The van der Waals surface area contributed by atoms with Crippen LogP contribution in [0, 0.1) is 5.92 Å². The zero-order valence-corrected chi connectivity index (χ0v) is 11.1. The van der Waals surface area contributed by atoms with Crippen LogP contribution in [0.4, 0.5) is 0 Å². The standard InChI is InChI=1S/C16H16O3/c1-9(2)14-7-12-13(8-19-14)16(18)11-6-4-3-5-10(11)15(12)17/h3-6,9,14H,7-8H2,1-2H3/t14-/m0/s1. The fourth-order valence-electron chi connectivity index (χ4n) is 2.73. The maximum Gasteiger partial charge on any atom is 0.192 e. The first-order valence-corrected chi connectivity index (χ1v) is 6.61. The SMILES string of the molecule is CC(C)[C@@H]1CC2=C(CO1)C(=O)c1ccccc1C2=O. The smallest absolute Gasteiger partial charge is 0.192 e. The zero-order valence-electron chi connectivity index (χ0n) is 11.1. The largest absolute Gasteiger partial charge is 0.373 e. The van der Waals surface area contributed by atoms with Crippen LogP contribution in [0.15, 0.2) is 35.4 Å². The molecule has 1 aromatic rings. The van der Waals surface area contributed by atoms with Gasteiger partial charge in [0.2, 0.25) is 0 Å². The van der Waals surface area contributed by atoms with Gasteiger partial charge in [0.25, 0.3) is 0 Å². The second-order valence-electron chi connectivity index (χ2n) is 5.46. The Kier molecular flexibility index (Phi) is 2.86. The van der Waals surface area contributed by atoms with E-state index < -0.39 is 0 Å². The van der Waals surface area contributed by atoms with Crippen molar-refractivity contribution in [2.75, 3.05) is 6.61 Å². The number of hydrogen-bond donors (Lipinski definition) is 0. The third-order valence-corrected chi connectivity index (χ3v) is 3.92. The molecule has 1 aromatic carbocycles. The molecule has 0 saturated carbocycles. The van der Waals surface area contributed by atoms with Gasteiger partial charge in [-0.1, -0.05) is 38.1 Å². The lowest BCUT2D eigenvalue weighted by molar-refractivity contribution is 0.0241. The van der Waals surface area contributed by atoms with E-state index in [1.807, 2.05) is 0 Å². The van der Waals surface area contributed by atoms with Crippen molar-refractivity contribution in [3.05, 3.63) is 46.5 Å². The van der Waals surface area contributed by atoms with Crippen molar-refractivity contribution in [3.63, 3.8) is 0 Å². The Morgan fingerprint density at radius 3 is 2.21 bits per heavy atom. The van der Waals surface area contributed by atoms with E-state index in [2.05, 4.69) is 13.8 Å². The Morgan fingerprint density at radius 1 is 1.05 bits per heavy atom. The fraction of sp³-hybridized carbons (Fsp3) is 0.375. The van der Waals surface area contributed by atoms with Gasteiger partial charge in [0.15, 0.2) is 11.6 Å². The average Bonchev–Trinajstić information content (AvgIpc) is 2.44. The number of benzene rings is 1. The lowest BCUT2D eigenvalue weighted by Gasteiger charge is -2.31. The molecule has 1 atom stereocenters. The molecule has 0 saturated heterocycles. The van der Waals surface area contributed by atoms with Crippen molar-refractivity contribution >= 4 is 11.6 Å². The summed E-state index contributed by atoms with van der Waals surface area (Å²) in [6.45, 7) is 4.40. The second kappa shape index (κ2) is 4.42. The van der Waals surface area contributed by atoms with E-state index in [1.54, 1.807) is 24.3 Å². The maximum atomic E-state index is 12.5. The topological polar surface area (TPSA) is 43.4 Å². The van der Waals surface area contributed by atoms with Gasteiger partial charge in [-0.05, 0) is 5.92 Å². The van der Waals surface area contributed by atoms with Crippen LogP contribution in [-0.2, 0) is 4.74 Å². The first-order chi connectivity index (χ1) is 9.09. The number of ether oxygens (including phenoxy) is 1. The molecule has 3 rings (SSSR count). The molecule has 2 aliphatic rings. The van der Waals surface area contributed by atoms with E-state index in [4.69, 9.17) is 4.74 Å². The third-order valence-electron chi connectivity index (χ3n) is 3.92. The highest BCUT2D eigenvalue weighted by molar-refractivity contribution is 6.27. The molecule has 1 aliphatic carbocycles. The predicted molar refractivity (Wildman–Crippen MR) is 71.3 cm³/mol. The highest BCUT2D eigenvalue weighted by atomic mass is 16.5. The van der Waals surface area contributed by atoms with Crippen molar-refractivity contribution in [3.8, 4) is 0 Å². The highest BCUT2D eigenvalue weighted by Gasteiger charge is 2.36. The van der Waals surface area contributed by atoms with E-state index in [-0.39, 0.29) is 24.3 Å². The van der Waals surface area contributed by atoms with Crippen LogP contribution in [0.5, 0.6) is 0 Å². The predicted octanol–water partition coefficient (Wildman–Crippen LogP) is 2.81. The molecule has 3 heteroatoms. The van der Waals surface area contributed by atoms with Crippen molar-refractivity contribution in [1.82, 2.24) is 0 Å². The summed E-state index contributed by atoms with van der Waals surface area (Å²) in [5.41, 5.74) is 2.27. The van der Waals surface area contributed by atoms with Gasteiger partial charge in [0.1, 0.15) is 0 Å². The molecule has 0 aromatic heterocycles. The lowest BCUT2D eigenvalue weighted by Crippen LogP contribution is -2.34. The minimum Gasteiger partial charge on any atom is -0.373 e. The van der Waals surface area contributed by atoms with Crippen LogP contribution in [0.25, 0.3) is 0 Å². The van der Waals surface area contributed by atoms with E-state index in [9.17, 15) is 9.59 Å². The Hall–Kier alpha value is -1.74. The van der Waals surface area contributed by atoms with Crippen molar-refractivity contribution in [2.24, 2.45) is 5.92 Å². The van der Waals surface area contributed by atoms with Crippen LogP contribution in [0.2, 0.25) is 0 Å². The molecule has 0 N–H and O–H groups in total. The average molecular weight is 256 g/mol. The van der Waals surface area contributed by atoms with E-state index >= 15 is 0 Å². The van der Waals surface area contributed by atoms with Crippen LogP contribution in [0.3, 0.4) is 0 Å². The fourth-order valence-corrected chi connectivity index (χ4v) is 2.73. The van der Waals surface area contributed by atoms with Crippen LogP contribution >= 0.6 is 0 Å². The summed E-state index contributed by atoms with van der Waals surface area (Å²) >= 11 is 0. The Labute approximate surface area is 112 Å². The highest BCUT2D eigenvalue weighted by Crippen LogP contribution is 2.34. The number of carbonyl (C=O) groups is 2. The summed E-state index contributed by atoms with van der Waals surface area (Å²) in [5.74, 6) is 0.292. The summed E-state index contributed by atoms with van der Waals surface area (Å²) in [5, 5.41) is 0. The second-order valence-corrected chi connectivity index (χ2v) is 5.46. The van der Waals surface area contributed by atoms with Gasteiger partial charge in [0, 0.05) is 28.7 Å². The lowest BCUT2D eigenvalue weighted by atomic mass is 9.80. The number of rotatable bonds is 1.